The predicted octanol–water partition coefficient (Wildman–Crippen LogP) is 1.74. The molecule has 0 aromatic heterocycles. The molecule has 1 fully saturated rings. The van der Waals surface area contributed by atoms with E-state index in [0.717, 1.165) is 25.0 Å². The van der Waals surface area contributed by atoms with Crippen LogP contribution in [0.3, 0.4) is 0 Å². The van der Waals surface area contributed by atoms with Crippen LogP contribution in [0.25, 0.3) is 0 Å². The van der Waals surface area contributed by atoms with Gasteiger partial charge in [-0.3, -0.25) is 4.79 Å². The highest BCUT2D eigenvalue weighted by molar-refractivity contribution is 5.94. The van der Waals surface area contributed by atoms with Gasteiger partial charge in [0.1, 0.15) is 0 Å². The third kappa shape index (κ3) is 3.55. The molecule has 1 amide bonds. The van der Waals surface area contributed by atoms with Gasteiger partial charge in [0.05, 0.1) is 12.7 Å². The van der Waals surface area contributed by atoms with Crippen LogP contribution in [0.4, 0.5) is 0 Å². The van der Waals surface area contributed by atoms with Crippen LogP contribution in [-0.2, 0) is 16.1 Å². The first-order valence-corrected chi connectivity index (χ1v) is 6.27. The lowest BCUT2D eigenvalue weighted by Gasteiger charge is -2.11. The zero-order chi connectivity index (χ0) is 12.8. The van der Waals surface area contributed by atoms with Gasteiger partial charge in [0.2, 0.25) is 0 Å². The summed E-state index contributed by atoms with van der Waals surface area (Å²) >= 11 is 0. The molecule has 4 nitrogen and oxygen atoms in total. The molecule has 1 aliphatic heterocycles. The number of benzene rings is 1. The van der Waals surface area contributed by atoms with E-state index in [1.807, 2.05) is 24.3 Å². The van der Waals surface area contributed by atoms with E-state index in [4.69, 9.17) is 9.47 Å². The standard InChI is InChI=1S/C14H19NO3/c1-17-10-11-4-2-5-12(8-11)14(16)15-9-13-6-3-7-18-13/h2,4-5,8,13H,3,6-7,9-10H2,1H3,(H,15,16). The molecule has 0 spiro atoms. The summed E-state index contributed by atoms with van der Waals surface area (Å²) in [5.41, 5.74) is 1.67. The summed E-state index contributed by atoms with van der Waals surface area (Å²) in [7, 11) is 1.64. The van der Waals surface area contributed by atoms with Gasteiger partial charge in [-0.05, 0) is 30.5 Å². The number of methoxy groups -OCH3 is 1. The van der Waals surface area contributed by atoms with Crippen molar-refractivity contribution in [1.82, 2.24) is 5.32 Å². The summed E-state index contributed by atoms with van der Waals surface area (Å²) in [5, 5.41) is 2.91. The highest BCUT2D eigenvalue weighted by atomic mass is 16.5. The van der Waals surface area contributed by atoms with Gasteiger partial charge in [-0.2, -0.15) is 0 Å². The molecule has 0 aliphatic carbocycles. The molecule has 2 rings (SSSR count). The van der Waals surface area contributed by atoms with Crippen LogP contribution in [0.1, 0.15) is 28.8 Å². The molecule has 1 aliphatic rings. The van der Waals surface area contributed by atoms with Crippen molar-refractivity contribution in [1.29, 1.82) is 0 Å². The van der Waals surface area contributed by atoms with Crippen molar-refractivity contribution < 1.29 is 14.3 Å². The number of rotatable bonds is 5. The van der Waals surface area contributed by atoms with Crippen LogP contribution in [-0.4, -0.2) is 32.3 Å². The smallest absolute Gasteiger partial charge is 0.251 e. The van der Waals surface area contributed by atoms with Crippen molar-refractivity contribution in [3.63, 3.8) is 0 Å². The lowest BCUT2D eigenvalue weighted by Crippen LogP contribution is -2.31. The zero-order valence-corrected chi connectivity index (χ0v) is 10.6. The summed E-state index contributed by atoms with van der Waals surface area (Å²) < 4.78 is 10.5. The van der Waals surface area contributed by atoms with Crippen molar-refractivity contribution in [3.8, 4) is 0 Å². The molecule has 1 atom stereocenters. The summed E-state index contributed by atoms with van der Waals surface area (Å²) in [4.78, 5) is 12.0. The topological polar surface area (TPSA) is 47.6 Å². The Morgan fingerprint density at radius 1 is 1.56 bits per heavy atom. The Morgan fingerprint density at radius 2 is 2.44 bits per heavy atom. The Kier molecular flexibility index (Phi) is 4.73. The fraction of sp³-hybridized carbons (Fsp3) is 0.500. The van der Waals surface area contributed by atoms with Crippen LogP contribution in [0.15, 0.2) is 24.3 Å². The number of nitrogens with one attached hydrogen (secondary N) is 1. The van der Waals surface area contributed by atoms with Gasteiger partial charge < -0.3 is 14.8 Å². The van der Waals surface area contributed by atoms with Gasteiger partial charge in [-0.25, -0.2) is 0 Å². The van der Waals surface area contributed by atoms with Gasteiger partial charge in [0, 0.05) is 25.8 Å². The lowest BCUT2D eigenvalue weighted by molar-refractivity contribution is 0.0857. The monoisotopic (exact) mass is 249 g/mol. The van der Waals surface area contributed by atoms with Crippen molar-refractivity contribution in [2.24, 2.45) is 0 Å². The van der Waals surface area contributed by atoms with Gasteiger partial charge >= 0.3 is 0 Å². The number of carbonyl (C=O) groups excluding carboxylic acids is 1. The maximum absolute atomic E-state index is 12.0. The SMILES string of the molecule is COCc1cccc(C(=O)NCC2CCCO2)c1. The normalized spacial score (nSPS) is 18.8. The van der Waals surface area contributed by atoms with Crippen LogP contribution in [0.2, 0.25) is 0 Å². The first-order chi connectivity index (χ1) is 8.79. The minimum atomic E-state index is -0.0524. The number of hydrogen-bond donors (Lipinski definition) is 1. The second kappa shape index (κ2) is 6.52. The largest absolute Gasteiger partial charge is 0.380 e. The Hall–Kier alpha value is -1.39. The first-order valence-electron chi connectivity index (χ1n) is 6.27. The van der Waals surface area contributed by atoms with Crippen LogP contribution in [0.5, 0.6) is 0 Å². The number of ether oxygens (including phenoxy) is 2. The van der Waals surface area contributed by atoms with Crippen molar-refractivity contribution in [3.05, 3.63) is 35.4 Å². The van der Waals surface area contributed by atoms with E-state index in [-0.39, 0.29) is 12.0 Å². The molecule has 1 saturated heterocycles. The molecule has 18 heavy (non-hydrogen) atoms. The first kappa shape index (κ1) is 13.1. The highest BCUT2D eigenvalue weighted by Gasteiger charge is 2.16. The number of amides is 1. The van der Waals surface area contributed by atoms with Crippen molar-refractivity contribution in [2.45, 2.75) is 25.6 Å². The predicted molar refractivity (Wildman–Crippen MR) is 68.5 cm³/mol. The van der Waals surface area contributed by atoms with Gasteiger partial charge in [0.25, 0.3) is 5.91 Å². The zero-order valence-electron chi connectivity index (χ0n) is 10.6. The van der Waals surface area contributed by atoms with Gasteiger partial charge in [-0.15, -0.1) is 0 Å². The second-order valence-corrected chi connectivity index (χ2v) is 4.48. The van der Waals surface area contributed by atoms with E-state index in [1.165, 1.54) is 0 Å². The summed E-state index contributed by atoms with van der Waals surface area (Å²) in [6, 6.07) is 7.48. The quantitative estimate of drug-likeness (QED) is 0.864. The van der Waals surface area contributed by atoms with Crippen molar-refractivity contribution >= 4 is 5.91 Å². The summed E-state index contributed by atoms with van der Waals surface area (Å²) in [6.45, 7) is 1.92. The molecule has 1 heterocycles. The average Bonchev–Trinajstić information content (AvgIpc) is 2.90. The fourth-order valence-electron chi connectivity index (χ4n) is 2.08. The van der Waals surface area contributed by atoms with Gasteiger partial charge in [0.15, 0.2) is 0 Å². The molecular weight excluding hydrogens is 230 g/mol. The Balaban J connectivity index is 1.89. The minimum absolute atomic E-state index is 0.0524. The molecule has 1 unspecified atom stereocenters. The van der Waals surface area contributed by atoms with Crippen LogP contribution in [0, 0.1) is 0 Å². The molecule has 0 radical (unpaired) electrons. The molecule has 98 valence electrons. The molecule has 0 saturated carbocycles. The summed E-state index contributed by atoms with van der Waals surface area (Å²) in [5.74, 6) is -0.0524. The lowest BCUT2D eigenvalue weighted by atomic mass is 10.1. The van der Waals surface area contributed by atoms with E-state index in [0.29, 0.717) is 18.7 Å². The van der Waals surface area contributed by atoms with Crippen molar-refractivity contribution in [2.75, 3.05) is 20.3 Å². The number of hydrogen-bond acceptors (Lipinski definition) is 3. The molecule has 4 heteroatoms. The molecule has 1 aromatic rings. The molecular formula is C14H19NO3. The summed E-state index contributed by atoms with van der Waals surface area (Å²) in [6.07, 6.45) is 2.30. The third-order valence-electron chi connectivity index (χ3n) is 3.01. The van der Waals surface area contributed by atoms with Crippen LogP contribution >= 0.6 is 0 Å². The van der Waals surface area contributed by atoms with E-state index < -0.39 is 0 Å². The maximum Gasteiger partial charge on any atom is 0.251 e. The van der Waals surface area contributed by atoms with E-state index in [2.05, 4.69) is 5.32 Å². The minimum Gasteiger partial charge on any atom is -0.380 e. The Morgan fingerprint density at radius 3 is 3.17 bits per heavy atom. The Labute approximate surface area is 107 Å². The Bertz CT molecular complexity index is 400. The van der Waals surface area contributed by atoms with E-state index in [9.17, 15) is 4.79 Å². The van der Waals surface area contributed by atoms with E-state index >= 15 is 0 Å². The highest BCUT2D eigenvalue weighted by Crippen LogP contribution is 2.11. The average molecular weight is 249 g/mol. The molecule has 0 bridgehead atoms. The van der Waals surface area contributed by atoms with E-state index in [1.54, 1.807) is 7.11 Å². The fourth-order valence-corrected chi connectivity index (χ4v) is 2.08. The van der Waals surface area contributed by atoms with Gasteiger partial charge in [-0.1, -0.05) is 12.1 Å². The molecule has 1 aromatic carbocycles. The second-order valence-electron chi connectivity index (χ2n) is 4.48. The number of carbonyl (C=O) groups is 1. The molecule has 1 N–H and O–H groups in total. The third-order valence-corrected chi connectivity index (χ3v) is 3.01. The van der Waals surface area contributed by atoms with Crippen LogP contribution < -0.4 is 5.32 Å². The maximum atomic E-state index is 12.0.